The highest BCUT2D eigenvalue weighted by atomic mass is 16.6. The molecule has 3 rings (SSSR count). The Balaban J connectivity index is 1.72. The van der Waals surface area contributed by atoms with Gasteiger partial charge in [0.1, 0.15) is 5.69 Å². The second kappa shape index (κ2) is 7.40. The van der Waals surface area contributed by atoms with Crippen molar-refractivity contribution in [3.8, 4) is 0 Å². The molecule has 0 radical (unpaired) electrons. The van der Waals surface area contributed by atoms with Crippen molar-refractivity contribution in [3.63, 3.8) is 0 Å². The molecule has 27 heavy (non-hydrogen) atoms. The van der Waals surface area contributed by atoms with Crippen LogP contribution in [0.25, 0.3) is 0 Å². The maximum Gasteiger partial charge on any atom is 0.299 e. The van der Waals surface area contributed by atoms with E-state index in [4.69, 9.17) is 0 Å². The van der Waals surface area contributed by atoms with Crippen LogP contribution in [0.15, 0.2) is 42.5 Å². The van der Waals surface area contributed by atoms with E-state index in [1.807, 2.05) is 19.1 Å². The van der Waals surface area contributed by atoms with Crippen LogP contribution in [0.1, 0.15) is 31.4 Å². The van der Waals surface area contributed by atoms with Crippen LogP contribution in [0.4, 0.5) is 22.7 Å². The first kappa shape index (κ1) is 18.3. The summed E-state index contributed by atoms with van der Waals surface area (Å²) in [6.45, 7) is 1.82. The van der Waals surface area contributed by atoms with E-state index in [0.717, 1.165) is 24.5 Å². The average molecular weight is 370 g/mol. The monoisotopic (exact) mass is 370 g/mol. The van der Waals surface area contributed by atoms with E-state index in [1.54, 1.807) is 12.1 Å². The fourth-order valence-electron chi connectivity index (χ4n) is 2.67. The number of hydrogen-bond acceptors (Lipinski definition) is 6. The van der Waals surface area contributed by atoms with Crippen molar-refractivity contribution in [2.75, 3.05) is 10.6 Å². The fourth-order valence-corrected chi connectivity index (χ4v) is 2.67. The molecule has 0 bridgehead atoms. The Morgan fingerprint density at radius 2 is 1.74 bits per heavy atom. The van der Waals surface area contributed by atoms with Crippen molar-refractivity contribution in [1.29, 1.82) is 0 Å². The SMILES string of the molecule is CC(Nc1ccc([N+](=O)[O-])cc1[N+](=O)[O-])c1ccc(NC(=O)C2CC2)cc1. The van der Waals surface area contributed by atoms with Crippen LogP contribution in [0.5, 0.6) is 0 Å². The molecule has 0 spiro atoms. The smallest absolute Gasteiger partial charge is 0.299 e. The Morgan fingerprint density at radius 1 is 1.07 bits per heavy atom. The van der Waals surface area contributed by atoms with Gasteiger partial charge in [0.15, 0.2) is 0 Å². The Hall–Kier alpha value is -3.49. The number of benzene rings is 2. The van der Waals surface area contributed by atoms with Crippen molar-refractivity contribution in [3.05, 3.63) is 68.3 Å². The minimum atomic E-state index is -0.672. The zero-order chi connectivity index (χ0) is 19.6. The maximum absolute atomic E-state index is 11.8. The Labute approximate surface area is 154 Å². The van der Waals surface area contributed by atoms with E-state index in [2.05, 4.69) is 10.6 Å². The third-order valence-corrected chi connectivity index (χ3v) is 4.39. The highest BCUT2D eigenvalue weighted by molar-refractivity contribution is 5.94. The van der Waals surface area contributed by atoms with Gasteiger partial charge in [0.05, 0.1) is 15.9 Å². The number of nitro benzene ring substituents is 2. The molecule has 2 aromatic rings. The van der Waals surface area contributed by atoms with Crippen LogP contribution in [0.2, 0.25) is 0 Å². The summed E-state index contributed by atoms with van der Waals surface area (Å²) < 4.78 is 0. The Kier molecular flexibility index (Phi) is 5.02. The minimum absolute atomic E-state index is 0.0235. The first-order valence-corrected chi connectivity index (χ1v) is 8.45. The molecule has 2 aromatic carbocycles. The molecule has 1 unspecified atom stereocenters. The normalized spacial score (nSPS) is 14.3. The molecule has 1 aliphatic carbocycles. The van der Waals surface area contributed by atoms with E-state index in [9.17, 15) is 25.0 Å². The maximum atomic E-state index is 11.8. The molecular weight excluding hydrogens is 352 g/mol. The number of amides is 1. The zero-order valence-corrected chi connectivity index (χ0v) is 14.5. The average Bonchev–Trinajstić information content (AvgIpc) is 3.47. The van der Waals surface area contributed by atoms with Crippen molar-refractivity contribution in [1.82, 2.24) is 0 Å². The van der Waals surface area contributed by atoms with Crippen LogP contribution in [-0.2, 0) is 4.79 Å². The largest absolute Gasteiger partial charge is 0.373 e. The Bertz CT molecular complexity index is 893. The van der Waals surface area contributed by atoms with E-state index in [1.165, 1.54) is 12.1 Å². The molecule has 0 aromatic heterocycles. The number of carbonyl (C=O) groups excluding carboxylic acids is 1. The quantitative estimate of drug-likeness (QED) is 0.559. The molecule has 0 aliphatic heterocycles. The lowest BCUT2D eigenvalue weighted by Crippen LogP contribution is -2.13. The van der Waals surface area contributed by atoms with E-state index in [-0.39, 0.29) is 34.9 Å². The van der Waals surface area contributed by atoms with Crippen LogP contribution >= 0.6 is 0 Å². The van der Waals surface area contributed by atoms with E-state index >= 15 is 0 Å². The second-order valence-electron chi connectivity index (χ2n) is 6.47. The van der Waals surface area contributed by atoms with Crippen molar-refractivity contribution in [2.45, 2.75) is 25.8 Å². The van der Waals surface area contributed by atoms with Gasteiger partial charge < -0.3 is 10.6 Å². The first-order chi connectivity index (χ1) is 12.8. The summed E-state index contributed by atoms with van der Waals surface area (Å²) in [5.74, 6) is 0.142. The van der Waals surface area contributed by atoms with Gasteiger partial charge in [-0.05, 0) is 43.5 Å². The van der Waals surface area contributed by atoms with Crippen molar-refractivity contribution < 1.29 is 14.6 Å². The van der Waals surface area contributed by atoms with Crippen LogP contribution in [0.3, 0.4) is 0 Å². The number of anilines is 2. The standard InChI is InChI=1S/C18H18N4O5/c1-11(12-4-6-14(7-5-12)20-18(23)13-2-3-13)19-16-9-8-15(21(24)25)10-17(16)22(26)27/h4-11,13,19H,2-3H2,1H3,(H,20,23). The molecule has 9 nitrogen and oxygen atoms in total. The zero-order valence-electron chi connectivity index (χ0n) is 14.5. The third-order valence-electron chi connectivity index (χ3n) is 4.39. The van der Waals surface area contributed by atoms with Gasteiger partial charge in [-0.1, -0.05) is 12.1 Å². The molecule has 0 saturated heterocycles. The molecule has 1 aliphatic rings. The molecule has 1 amide bonds. The molecule has 2 N–H and O–H groups in total. The summed E-state index contributed by atoms with van der Waals surface area (Å²) in [6.07, 6.45) is 1.86. The van der Waals surface area contributed by atoms with Gasteiger partial charge >= 0.3 is 0 Å². The number of hydrogen-bond donors (Lipinski definition) is 2. The highest BCUT2D eigenvalue weighted by Crippen LogP contribution is 2.32. The van der Waals surface area contributed by atoms with Gasteiger partial charge in [0.25, 0.3) is 11.4 Å². The summed E-state index contributed by atoms with van der Waals surface area (Å²) in [5, 5.41) is 27.9. The number of non-ortho nitro benzene ring substituents is 1. The van der Waals surface area contributed by atoms with Gasteiger partial charge in [-0.3, -0.25) is 25.0 Å². The number of nitro groups is 2. The summed E-state index contributed by atoms with van der Waals surface area (Å²) >= 11 is 0. The predicted molar refractivity (Wildman–Crippen MR) is 99.6 cm³/mol. The lowest BCUT2D eigenvalue weighted by molar-refractivity contribution is -0.393. The fraction of sp³-hybridized carbons (Fsp3) is 0.278. The summed E-state index contributed by atoms with van der Waals surface area (Å²) in [7, 11) is 0. The van der Waals surface area contributed by atoms with Crippen molar-refractivity contribution >= 4 is 28.7 Å². The molecule has 1 atom stereocenters. The van der Waals surface area contributed by atoms with Gasteiger partial charge in [-0.25, -0.2) is 0 Å². The topological polar surface area (TPSA) is 127 Å². The first-order valence-electron chi connectivity index (χ1n) is 8.45. The number of nitrogens with one attached hydrogen (secondary N) is 2. The second-order valence-corrected chi connectivity index (χ2v) is 6.47. The third kappa shape index (κ3) is 4.38. The van der Waals surface area contributed by atoms with Gasteiger partial charge in [0.2, 0.25) is 5.91 Å². The predicted octanol–water partition coefficient (Wildman–Crippen LogP) is 4.02. The molecule has 9 heteroatoms. The molecule has 1 fully saturated rings. The van der Waals surface area contributed by atoms with E-state index < -0.39 is 9.85 Å². The van der Waals surface area contributed by atoms with Gasteiger partial charge in [-0.2, -0.15) is 0 Å². The summed E-state index contributed by atoms with van der Waals surface area (Å²) in [6, 6.07) is 10.4. The van der Waals surface area contributed by atoms with Crippen LogP contribution < -0.4 is 10.6 Å². The summed E-state index contributed by atoms with van der Waals surface area (Å²) in [4.78, 5) is 32.5. The summed E-state index contributed by atoms with van der Waals surface area (Å²) in [5.41, 5.74) is 1.06. The molecule has 0 heterocycles. The Morgan fingerprint density at radius 3 is 2.30 bits per heavy atom. The molecule has 1 saturated carbocycles. The molecule has 140 valence electrons. The van der Waals surface area contributed by atoms with Gasteiger partial charge in [-0.15, -0.1) is 0 Å². The highest BCUT2D eigenvalue weighted by Gasteiger charge is 2.29. The number of nitrogens with zero attached hydrogens (tertiary/aromatic N) is 2. The van der Waals surface area contributed by atoms with E-state index in [0.29, 0.717) is 5.69 Å². The van der Waals surface area contributed by atoms with Gasteiger partial charge in [0, 0.05) is 23.7 Å². The van der Waals surface area contributed by atoms with Crippen LogP contribution in [-0.4, -0.2) is 15.8 Å². The lowest BCUT2D eigenvalue weighted by Gasteiger charge is -2.16. The van der Waals surface area contributed by atoms with Crippen molar-refractivity contribution in [2.24, 2.45) is 5.92 Å². The lowest BCUT2D eigenvalue weighted by atomic mass is 10.1. The molecular formula is C18H18N4O5. The minimum Gasteiger partial charge on any atom is -0.373 e. The number of rotatable bonds is 7. The number of carbonyl (C=O) groups is 1. The van der Waals surface area contributed by atoms with Crippen LogP contribution in [0, 0.1) is 26.1 Å².